The second kappa shape index (κ2) is 10.9. The fourth-order valence-electron chi connectivity index (χ4n) is 4.53. The molecule has 0 bridgehead atoms. The first-order valence-corrected chi connectivity index (χ1v) is 11.9. The molecule has 0 N–H and O–H groups in total. The van der Waals surface area contributed by atoms with Crippen LogP contribution < -0.4 is 24.4 Å². The number of carbonyl (C=O) groups is 1. The van der Waals surface area contributed by atoms with Crippen LogP contribution in [-0.2, 0) is 17.0 Å². The first kappa shape index (κ1) is 25.4. The van der Waals surface area contributed by atoms with Gasteiger partial charge in [0, 0.05) is 17.0 Å². The molecule has 0 amide bonds. The Bertz CT molecular complexity index is 1350. The van der Waals surface area contributed by atoms with E-state index in [4.69, 9.17) is 35.3 Å². The minimum absolute atomic E-state index is 0.170. The average molecular weight is 511 g/mol. The van der Waals surface area contributed by atoms with Crippen molar-refractivity contribution in [1.82, 2.24) is 0 Å². The normalized spacial score (nSPS) is 14.1. The Balaban J connectivity index is 1.91. The lowest BCUT2D eigenvalue weighted by molar-refractivity contribution is 0.0280. The first-order valence-electron chi connectivity index (χ1n) is 11.4. The topological polar surface area (TPSA) is 80.3 Å². The van der Waals surface area contributed by atoms with E-state index in [9.17, 15) is 9.59 Å². The third kappa shape index (κ3) is 4.71. The van der Waals surface area contributed by atoms with Crippen molar-refractivity contribution in [2.75, 3.05) is 28.4 Å². The second-order valence-electron chi connectivity index (χ2n) is 8.23. The second-order valence-corrected chi connectivity index (χ2v) is 8.49. The molecule has 0 radical (unpaired) electrons. The van der Waals surface area contributed by atoms with Gasteiger partial charge >= 0.3 is 5.97 Å². The molecule has 8 heteroatoms. The van der Waals surface area contributed by atoms with Crippen molar-refractivity contribution in [3.05, 3.63) is 81.0 Å². The fourth-order valence-corrected chi connectivity index (χ4v) is 4.70. The monoisotopic (exact) mass is 510 g/mol. The Morgan fingerprint density at radius 1 is 0.917 bits per heavy atom. The van der Waals surface area contributed by atoms with Crippen LogP contribution in [0.4, 0.5) is 0 Å². The highest BCUT2D eigenvalue weighted by molar-refractivity contribution is 6.17. The summed E-state index contributed by atoms with van der Waals surface area (Å²) in [5.74, 6) is 1.36. The van der Waals surface area contributed by atoms with Crippen molar-refractivity contribution in [1.29, 1.82) is 0 Å². The number of esters is 1. The van der Waals surface area contributed by atoms with Crippen LogP contribution in [0.15, 0.2) is 53.3 Å². The van der Waals surface area contributed by atoms with Crippen molar-refractivity contribution in [2.24, 2.45) is 0 Å². The van der Waals surface area contributed by atoms with Crippen LogP contribution in [-0.4, -0.2) is 34.4 Å². The lowest BCUT2D eigenvalue weighted by atomic mass is 9.96. The molecule has 188 valence electrons. The van der Waals surface area contributed by atoms with Crippen LogP contribution in [0.2, 0.25) is 0 Å². The highest BCUT2D eigenvalue weighted by Crippen LogP contribution is 2.50. The maximum atomic E-state index is 13.2. The van der Waals surface area contributed by atoms with E-state index in [-0.39, 0.29) is 17.1 Å². The fraction of sp³-hybridized carbons (Fsp3) is 0.286. The number of methoxy groups -OCH3 is 4. The number of carbonyl (C=O) groups excluding carboxylic acids is 1. The molecule has 1 atom stereocenters. The molecule has 4 rings (SSSR count). The molecule has 7 nitrogen and oxygen atoms in total. The molecule has 36 heavy (non-hydrogen) atoms. The highest BCUT2D eigenvalue weighted by Gasteiger charge is 2.31. The van der Waals surface area contributed by atoms with Gasteiger partial charge in [-0.05, 0) is 65.9 Å². The number of hydrogen-bond acceptors (Lipinski definition) is 7. The number of ether oxygens (including phenoxy) is 5. The Morgan fingerprint density at radius 2 is 1.67 bits per heavy atom. The molecule has 1 aliphatic rings. The summed E-state index contributed by atoms with van der Waals surface area (Å²) in [6, 6.07) is 13.7. The molecular formula is C28H27ClO7. The van der Waals surface area contributed by atoms with E-state index >= 15 is 0 Å². The zero-order chi connectivity index (χ0) is 25.8. The lowest BCUT2D eigenvalue weighted by Gasteiger charge is -2.19. The Hall–Kier alpha value is -3.71. The predicted octanol–water partition coefficient (Wildman–Crippen LogP) is 5.33. The van der Waals surface area contributed by atoms with Crippen molar-refractivity contribution >= 4 is 17.6 Å². The van der Waals surface area contributed by atoms with Crippen LogP contribution in [0.3, 0.4) is 0 Å². The average Bonchev–Trinajstić information content (AvgIpc) is 3.15. The van der Waals surface area contributed by atoms with E-state index in [0.717, 1.165) is 16.7 Å². The highest BCUT2D eigenvalue weighted by atomic mass is 35.5. The number of alkyl halides is 1. The van der Waals surface area contributed by atoms with Gasteiger partial charge in [0.25, 0.3) is 0 Å². The van der Waals surface area contributed by atoms with E-state index in [1.807, 2.05) is 12.1 Å². The van der Waals surface area contributed by atoms with Gasteiger partial charge in [-0.15, -0.1) is 11.6 Å². The summed E-state index contributed by atoms with van der Waals surface area (Å²) < 4.78 is 28.2. The number of benzene rings is 2. The number of aryl methyl sites for hydroxylation is 1. The molecule has 0 saturated carbocycles. The van der Waals surface area contributed by atoms with Gasteiger partial charge in [-0.2, -0.15) is 0 Å². The largest absolute Gasteiger partial charge is 0.493 e. The van der Waals surface area contributed by atoms with Crippen molar-refractivity contribution in [2.45, 2.75) is 24.8 Å². The molecular weight excluding hydrogens is 484 g/mol. The molecule has 0 aromatic heterocycles. The molecule has 0 heterocycles. The number of fused-ring (bicyclic) bond motifs is 3. The lowest BCUT2D eigenvalue weighted by Crippen LogP contribution is -2.13. The Kier molecular flexibility index (Phi) is 7.70. The third-order valence-electron chi connectivity index (χ3n) is 6.23. The molecule has 0 aliphatic heterocycles. The van der Waals surface area contributed by atoms with Crippen LogP contribution >= 0.6 is 11.6 Å². The minimum atomic E-state index is -0.703. The quantitative estimate of drug-likeness (QED) is 0.314. The van der Waals surface area contributed by atoms with Crippen LogP contribution in [0.25, 0.3) is 11.1 Å². The maximum Gasteiger partial charge on any atom is 0.338 e. The summed E-state index contributed by atoms with van der Waals surface area (Å²) in [6.07, 6.45) is 0.270. The van der Waals surface area contributed by atoms with Gasteiger partial charge in [-0.3, -0.25) is 4.79 Å². The van der Waals surface area contributed by atoms with Crippen molar-refractivity contribution < 1.29 is 28.5 Å². The first-order chi connectivity index (χ1) is 17.4. The molecule has 0 saturated heterocycles. The molecule has 3 aromatic rings. The van der Waals surface area contributed by atoms with E-state index < -0.39 is 12.1 Å². The number of hydrogen-bond donors (Lipinski definition) is 0. The molecule has 1 aliphatic carbocycles. The number of rotatable bonds is 7. The zero-order valence-corrected chi connectivity index (χ0v) is 21.3. The smallest absolute Gasteiger partial charge is 0.338 e. The van der Waals surface area contributed by atoms with E-state index in [0.29, 0.717) is 46.8 Å². The van der Waals surface area contributed by atoms with E-state index in [1.54, 1.807) is 44.6 Å². The van der Waals surface area contributed by atoms with Gasteiger partial charge in [0.2, 0.25) is 11.2 Å². The van der Waals surface area contributed by atoms with Gasteiger partial charge in [0.05, 0.1) is 34.0 Å². The van der Waals surface area contributed by atoms with Crippen LogP contribution in [0.5, 0.6) is 23.0 Å². The third-order valence-corrected chi connectivity index (χ3v) is 6.54. The van der Waals surface area contributed by atoms with Gasteiger partial charge in [0.1, 0.15) is 6.10 Å². The minimum Gasteiger partial charge on any atom is -0.493 e. The van der Waals surface area contributed by atoms with Gasteiger partial charge in [-0.25, -0.2) is 4.79 Å². The van der Waals surface area contributed by atoms with E-state index in [1.165, 1.54) is 20.3 Å². The van der Waals surface area contributed by atoms with Gasteiger partial charge in [0.15, 0.2) is 17.2 Å². The van der Waals surface area contributed by atoms with Gasteiger partial charge in [-0.1, -0.05) is 12.1 Å². The molecule has 0 fully saturated rings. The van der Waals surface area contributed by atoms with Crippen molar-refractivity contribution in [3.63, 3.8) is 0 Å². The SMILES string of the molecule is COc1cc2c(c(OC)c1OC)-c1ccc(OC)c(=O)cc1C(OC(=O)c1cccc(CCl)c1)CC2. The molecule has 3 aromatic carbocycles. The van der Waals surface area contributed by atoms with Crippen molar-refractivity contribution in [3.8, 4) is 34.1 Å². The maximum absolute atomic E-state index is 13.2. The Morgan fingerprint density at radius 3 is 2.33 bits per heavy atom. The summed E-state index contributed by atoms with van der Waals surface area (Å²) in [5.41, 5.74) is 3.74. The summed E-state index contributed by atoms with van der Waals surface area (Å²) in [7, 11) is 6.08. The predicted molar refractivity (Wildman–Crippen MR) is 137 cm³/mol. The number of halogens is 1. The standard InChI is InChI=1S/C28H27ClO7/c1-32-23-11-9-19-20(14-21(23)30)22(36-28(31)18-7-5-6-16(12-18)15-29)10-8-17-13-24(33-2)26(34-3)27(35-4)25(17)19/h5-7,9,11-14,22H,8,10,15H2,1-4H3. The summed E-state index contributed by atoms with van der Waals surface area (Å²) >= 11 is 5.94. The molecule has 1 unspecified atom stereocenters. The Labute approximate surface area is 214 Å². The summed E-state index contributed by atoms with van der Waals surface area (Å²) in [5, 5.41) is 0. The van der Waals surface area contributed by atoms with E-state index in [2.05, 4.69) is 0 Å². The summed E-state index contributed by atoms with van der Waals surface area (Å²) in [6.45, 7) is 0. The van der Waals surface area contributed by atoms with Crippen LogP contribution in [0.1, 0.15) is 39.6 Å². The van der Waals surface area contributed by atoms with Crippen LogP contribution in [0, 0.1) is 0 Å². The van der Waals surface area contributed by atoms with Gasteiger partial charge < -0.3 is 23.7 Å². The molecule has 0 spiro atoms. The summed E-state index contributed by atoms with van der Waals surface area (Å²) in [4.78, 5) is 26.1. The zero-order valence-electron chi connectivity index (χ0n) is 20.6.